The number of rotatable bonds is 16. The van der Waals surface area contributed by atoms with Crippen molar-refractivity contribution in [2.45, 2.75) is 119 Å². The number of hydrogen-bond donors (Lipinski definition) is 2. The summed E-state index contributed by atoms with van der Waals surface area (Å²) in [5, 5.41) is 21.7. The van der Waals surface area contributed by atoms with Crippen LogP contribution in [0.1, 0.15) is 115 Å². The maximum atomic E-state index is 10.2. The summed E-state index contributed by atoms with van der Waals surface area (Å²) in [4.78, 5) is 11.8. The van der Waals surface area contributed by atoms with Gasteiger partial charge in [-0.25, -0.2) is 0 Å². The van der Waals surface area contributed by atoms with Crippen molar-refractivity contribution in [2.24, 2.45) is 9.98 Å². The number of unbranched alkanes of at least 4 members (excludes halogenated alkanes) is 3. The van der Waals surface area contributed by atoms with Crippen LogP contribution in [-0.2, 0) is 48.6 Å². The molecule has 4 aromatic rings. The van der Waals surface area contributed by atoms with Crippen molar-refractivity contribution in [1.29, 1.82) is 0 Å². The van der Waals surface area contributed by atoms with Crippen molar-refractivity contribution in [3.63, 3.8) is 0 Å². The van der Waals surface area contributed by atoms with Crippen LogP contribution in [0.3, 0.4) is 0 Å². The SMILES string of the molecule is CCCCC(C=Nc1ccc(CC)c(CC)c1)=Nc1ccc(CC)c(CC)c1.CCCCCc1cc(N(C)CC)cc2c(O)c(O)ccc12.[Ni]. The maximum absolute atomic E-state index is 10.2. The van der Waals surface area contributed by atoms with Crippen LogP contribution in [0.25, 0.3) is 10.8 Å². The molecule has 0 radical (unpaired) electrons. The van der Waals surface area contributed by atoms with Gasteiger partial charge in [0.1, 0.15) is 0 Å². The molecule has 0 spiro atoms. The van der Waals surface area contributed by atoms with Gasteiger partial charge in [0.05, 0.1) is 17.1 Å². The van der Waals surface area contributed by atoms with E-state index in [0.717, 1.165) is 97.9 Å². The summed E-state index contributed by atoms with van der Waals surface area (Å²) in [7, 11) is 2.04. The third kappa shape index (κ3) is 12.0. The zero-order chi connectivity index (χ0) is 35.8. The fourth-order valence-electron chi connectivity index (χ4n) is 6.19. The van der Waals surface area contributed by atoms with E-state index in [-0.39, 0.29) is 28.0 Å². The van der Waals surface area contributed by atoms with Crippen LogP contribution < -0.4 is 4.90 Å². The maximum Gasteiger partial charge on any atom is 0.165 e. The molecule has 0 aliphatic rings. The van der Waals surface area contributed by atoms with Crippen molar-refractivity contribution in [2.75, 3.05) is 18.5 Å². The van der Waals surface area contributed by atoms with E-state index in [9.17, 15) is 10.2 Å². The molecule has 0 unspecified atom stereocenters. The molecule has 6 heteroatoms. The van der Waals surface area contributed by atoms with Crippen molar-refractivity contribution < 1.29 is 26.7 Å². The van der Waals surface area contributed by atoms with E-state index in [4.69, 9.17) is 9.98 Å². The summed E-state index contributed by atoms with van der Waals surface area (Å²) < 4.78 is 0. The number of aliphatic imine (C=N–C) groups is 2. The third-order valence-corrected chi connectivity index (χ3v) is 9.45. The van der Waals surface area contributed by atoms with E-state index in [1.165, 1.54) is 40.7 Å². The molecule has 5 nitrogen and oxygen atoms in total. The molecule has 0 saturated carbocycles. The van der Waals surface area contributed by atoms with E-state index < -0.39 is 0 Å². The van der Waals surface area contributed by atoms with Gasteiger partial charge in [0, 0.05) is 47.4 Å². The first-order chi connectivity index (χ1) is 23.7. The Morgan fingerprint density at radius 1 is 0.640 bits per heavy atom. The second-order valence-corrected chi connectivity index (χ2v) is 12.9. The fraction of sp³-hybridized carbons (Fsp3) is 0.455. The number of phenols is 2. The topological polar surface area (TPSA) is 68.4 Å². The number of hydrogen-bond acceptors (Lipinski definition) is 5. The van der Waals surface area contributed by atoms with E-state index in [1.807, 2.05) is 25.4 Å². The van der Waals surface area contributed by atoms with Gasteiger partial charge in [0.2, 0.25) is 0 Å². The molecular weight excluding hydrogens is 661 g/mol. The summed E-state index contributed by atoms with van der Waals surface area (Å²) in [6, 6.07) is 20.8. The third-order valence-electron chi connectivity index (χ3n) is 9.45. The second-order valence-electron chi connectivity index (χ2n) is 12.9. The fourth-order valence-corrected chi connectivity index (χ4v) is 6.19. The Morgan fingerprint density at radius 3 is 1.82 bits per heavy atom. The minimum absolute atomic E-state index is 0. The number of nitrogens with zero attached hydrogens (tertiary/aromatic N) is 3. The molecule has 0 fully saturated rings. The molecule has 4 aromatic carbocycles. The van der Waals surface area contributed by atoms with Crippen LogP contribution in [0.2, 0.25) is 0 Å². The van der Waals surface area contributed by atoms with Crippen LogP contribution in [0, 0.1) is 0 Å². The van der Waals surface area contributed by atoms with Crippen LogP contribution in [0.4, 0.5) is 17.1 Å². The monoisotopic (exact) mass is 721 g/mol. The first-order valence-corrected chi connectivity index (χ1v) is 18.8. The first-order valence-electron chi connectivity index (χ1n) is 18.8. The smallest absolute Gasteiger partial charge is 0.165 e. The minimum atomic E-state index is -0.0571. The van der Waals surface area contributed by atoms with Gasteiger partial charge in [0.15, 0.2) is 11.5 Å². The first kappa shape index (κ1) is 42.5. The van der Waals surface area contributed by atoms with Gasteiger partial charge in [0.25, 0.3) is 0 Å². The van der Waals surface area contributed by atoms with Crippen LogP contribution in [0.5, 0.6) is 11.5 Å². The number of anilines is 1. The summed E-state index contributed by atoms with van der Waals surface area (Å²) >= 11 is 0. The number of phenolic OH excluding ortho intramolecular Hbond substituents is 2. The molecule has 274 valence electrons. The van der Waals surface area contributed by atoms with Crippen LogP contribution in [0.15, 0.2) is 70.6 Å². The molecule has 2 N–H and O–H groups in total. The molecule has 0 heterocycles. The van der Waals surface area contributed by atoms with E-state index >= 15 is 0 Å². The van der Waals surface area contributed by atoms with Crippen molar-refractivity contribution in [1.82, 2.24) is 0 Å². The molecular formula is C44H61N3NiO2. The van der Waals surface area contributed by atoms with E-state index in [1.54, 1.807) is 6.07 Å². The predicted octanol–water partition coefficient (Wildman–Crippen LogP) is 12.0. The standard InChI is InChI=1S/C26H36N2.C18H25NO2.Ni/c1-6-11-12-26(28-25-16-14-21(8-3)23(10-5)18-25)19-27-24-15-13-20(7-2)22(9-4)17-24;1-4-6-7-8-13-11-14(19(3)5-2)12-16-15(13)9-10-17(20)18(16)21;/h13-19H,6-12H2,1-5H3;9-12,20-21H,4-8H2,1-3H3;. The van der Waals surface area contributed by atoms with E-state index in [2.05, 4.69) is 95.8 Å². The molecule has 0 bridgehead atoms. The summed E-state index contributed by atoms with van der Waals surface area (Å²) in [6.07, 6.45) is 14.0. The minimum Gasteiger partial charge on any atom is -0.504 e. The molecule has 0 aliphatic carbocycles. The molecule has 4 rings (SSSR count). The van der Waals surface area contributed by atoms with E-state index in [0.29, 0.717) is 0 Å². The van der Waals surface area contributed by atoms with Crippen LogP contribution >= 0.6 is 0 Å². The molecule has 0 aliphatic heterocycles. The van der Waals surface area contributed by atoms with Gasteiger partial charge in [-0.3, -0.25) is 9.98 Å². The van der Waals surface area contributed by atoms with Gasteiger partial charge in [-0.05, 0) is 134 Å². The second kappa shape index (κ2) is 22.2. The van der Waals surface area contributed by atoms with Gasteiger partial charge < -0.3 is 15.1 Å². The summed E-state index contributed by atoms with van der Waals surface area (Å²) in [5.41, 5.74) is 11.1. The summed E-state index contributed by atoms with van der Waals surface area (Å²) in [6.45, 7) is 16.3. The van der Waals surface area contributed by atoms with Crippen molar-refractivity contribution >= 4 is 39.8 Å². The number of fused-ring (bicyclic) bond motifs is 1. The zero-order valence-corrected chi connectivity index (χ0v) is 32.9. The van der Waals surface area contributed by atoms with Crippen LogP contribution in [-0.4, -0.2) is 35.7 Å². The Kier molecular flexibility index (Phi) is 18.9. The Hall–Kier alpha value is -3.63. The number of aromatic hydroxyl groups is 2. The average Bonchev–Trinajstić information content (AvgIpc) is 3.13. The number of aryl methyl sites for hydroxylation is 5. The molecule has 0 atom stereocenters. The largest absolute Gasteiger partial charge is 0.504 e. The number of benzene rings is 4. The van der Waals surface area contributed by atoms with Gasteiger partial charge in [-0.15, -0.1) is 0 Å². The normalized spacial score (nSPS) is 11.4. The van der Waals surface area contributed by atoms with Gasteiger partial charge in [-0.2, -0.15) is 0 Å². The quantitative estimate of drug-likeness (QED) is 0.0524. The van der Waals surface area contributed by atoms with Gasteiger partial charge in [-0.1, -0.05) is 79.0 Å². The molecule has 0 aromatic heterocycles. The Balaban J connectivity index is 0.000000353. The summed E-state index contributed by atoms with van der Waals surface area (Å²) in [5.74, 6) is -0.0751. The molecule has 50 heavy (non-hydrogen) atoms. The zero-order valence-electron chi connectivity index (χ0n) is 31.9. The molecule has 0 saturated heterocycles. The predicted molar refractivity (Wildman–Crippen MR) is 215 cm³/mol. The molecule has 0 amide bonds. The Labute approximate surface area is 312 Å². The Bertz CT molecular complexity index is 1690. The van der Waals surface area contributed by atoms with Crippen molar-refractivity contribution in [3.8, 4) is 11.5 Å². The van der Waals surface area contributed by atoms with Gasteiger partial charge >= 0.3 is 0 Å². The van der Waals surface area contributed by atoms with Crippen molar-refractivity contribution in [3.05, 3.63) is 88.5 Å². The Morgan fingerprint density at radius 2 is 1.24 bits per heavy atom. The average molecular weight is 723 g/mol.